The largest absolute Gasteiger partial charge is 0.394 e. The van der Waals surface area contributed by atoms with E-state index in [9.17, 15) is 5.11 Å². The van der Waals surface area contributed by atoms with E-state index in [1.807, 2.05) is 0 Å². The van der Waals surface area contributed by atoms with Gasteiger partial charge in [0.05, 0.1) is 24.5 Å². The van der Waals surface area contributed by atoms with Gasteiger partial charge in [-0.3, -0.25) is 10.4 Å². The number of nitrogens with one attached hydrogen (secondary N) is 1. The Morgan fingerprint density at radius 3 is 3.12 bits per heavy atom. The summed E-state index contributed by atoms with van der Waals surface area (Å²) in [6, 6.07) is 1.84. The molecule has 1 aromatic rings. The standard InChI is InChI=1S/C12H18N4O/c1-8-3-5-16(11(8)7-17)10-6-15-4-2-9(10)12(13)14/h2,4,6,8,11,17H,3,5,7H2,1H3,(H3,13,14). The summed E-state index contributed by atoms with van der Waals surface area (Å²) < 4.78 is 0. The van der Waals surface area contributed by atoms with Gasteiger partial charge in [-0.1, -0.05) is 6.92 Å². The van der Waals surface area contributed by atoms with Gasteiger partial charge in [-0.25, -0.2) is 0 Å². The first-order valence-electron chi connectivity index (χ1n) is 5.81. The third-order valence-electron chi connectivity index (χ3n) is 3.47. The van der Waals surface area contributed by atoms with Crippen molar-refractivity contribution in [2.24, 2.45) is 11.7 Å². The van der Waals surface area contributed by atoms with Gasteiger partial charge in [0, 0.05) is 18.3 Å². The van der Waals surface area contributed by atoms with E-state index in [1.165, 1.54) is 0 Å². The number of hydrogen-bond donors (Lipinski definition) is 3. The predicted molar refractivity (Wildman–Crippen MR) is 67.3 cm³/mol. The van der Waals surface area contributed by atoms with Crippen molar-refractivity contribution in [3.63, 3.8) is 0 Å². The van der Waals surface area contributed by atoms with Crippen molar-refractivity contribution in [2.45, 2.75) is 19.4 Å². The molecule has 0 radical (unpaired) electrons. The highest BCUT2D eigenvalue weighted by Gasteiger charge is 2.32. The summed E-state index contributed by atoms with van der Waals surface area (Å²) in [4.78, 5) is 6.20. The Labute approximate surface area is 101 Å². The number of aromatic nitrogens is 1. The molecular formula is C12H18N4O. The average Bonchev–Trinajstić information content (AvgIpc) is 2.70. The normalized spacial score (nSPS) is 24.0. The minimum Gasteiger partial charge on any atom is -0.394 e. The maximum atomic E-state index is 9.45. The number of anilines is 1. The number of aliphatic hydroxyl groups excluding tert-OH is 1. The van der Waals surface area contributed by atoms with Crippen LogP contribution in [0.4, 0.5) is 5.69 Å². The van der Waals surface area contributed by atoms with Crippen molar-refractivity contribution >= 4 is 11.5 Å². The maximum absolute atomic E-state index is 9.45. The highest BCUT2D eigenvalue weighted by molar-refractivity contribution is 6.00. The fourth-order valence-corrected chi connectivity index (χ4v) is 2.43. The number of aliphatic hydroxyl groups is 1. The average molecular weight is 234 g/mol. The van der Waals surface area contributed by atoms with Crippen LogP contribution in [0, 0.1) is 11.3 Å². The highest BCUT2D eigenvalue weighted by atomic mass is 16.3. The predicted octanol–water partition coefficient (Wildman–Crippen LogP) is 0.573. The van der Waals surface area contributed by atoms with Gasteiger partial charge in [0.25, 0.3) is 0 Å². The molecule has 1 aliphatic rings. The van der Waals surface area contributed by atoms with Gasteiger partial charge in [-0.05, 0) is 18.4 Å². The maximum Gasteiger partial charge on any atom is 0.125 e. The summed E-state index contributed by atoms with van der Waals surface area (Å²) in [6.45, 7) is 3.12. The van der Waals surface area contributed by atoms with Crippen molar-refractivity contribution in [1.82, 2.24) is 4.98 Å². The molecule has 1 fully saturated rings. The Hall–Kier alpha value is -1.62. The molecule has 92 valence electrons. The summed E-state index contributed by atoms with van der Waals surface area (Å²) in [5.74, 6) is 0.485. The van der Waals surface area contributed by atoms with Crippen LogP contribution in [0.15, 0.2) is 18.5 Å². The topological polar surface area (TPSA) is 86.2 Å². The molecule has 17 heavy (non-hydrogen) atoms. The van der Waals surface area contributed by atoms with Crippen molar-refractivity contribution in [2.75, 3.05) is 18.1 Å². The number of pyridine rings is 1. The van der Waals surface area contributed by atoms with Gasteiger partial charge in [0.2, 0.25) is 0 Å². The molecule has 1 aliphatic heterocycles. The Bertz CT molecular complexity index is 421. The van der Waals surface area contributed by atoms with E-state index >= 15 is 0 Å². The number of hydrogen-bond acceptors (Lipinski definition) is 4. The monoisotopic (exact) mass is 234 g/mol. The molecule has 1 aromatic heterocycles. The zero-order valence-corrected chi connectivity index (χ0v) is 9.93. The van der Waals surface area contributed by atoms with Crippen molar-refractivity contribution in [1.29, 1.82) is 5.41 Å². The van der Waals surface area contributed by atoms with Crippen LogP contribution in [0.25, 0.3) is 0 Å². The second kappa shape index (κ2) is 4.71. The number of nitrogen functional groups attached to an aromatic ring is 1. The minimum absolute atomic E-state index is 0.0404. The molecule has 0 aromatic carbocycles. The summed E-state index contributed by atoms with van der Waals surface area (Å²) >= 11 is 0. The third-order valence-corrected chi connectivity index (χ3v) is 3.47. The number of rotatable bonds is 3. The van der Waals surface area contributed by atoms with Crippen molar-refractivity contribution in [3.05, 3.63) is 24.0 Å². The van der Waals surface area contributed by atoms with E-state index in [0.29, 0.717) is 11.5 Å². The van der Waals surface area contributed by atoms with E-state index < -0.39 is 0 Å². The van der Waals surface area contributed by atoms with Crippen LogP contribution in [0.1, 0.15) is 18.9 Å². The van der Waals surface area contributed by atoms with E-state index in [2.05, 4.69) is 16.8 Å². The fraction of sp³-hybridized carbons (Fsp3) is 0.500. The lowest BCUT2D eigenvalue weighted by atomic mass is 10.0. The number of nitrogens with two attached hydrogens (primary N) is 1. The van der Waals surface area contributed by atoms with E-state index in [-0.39, 0.29) is 18.5 Å². The highest BCUT2D eigenvalue weighted by Crippen LogP contribution is 2.30. The molecule has 2 atom stereocenters. The first-order chi connectivity index (χ1) is 8.15. The van der Waals surface area contributed by atoms with Crippen LogP contribution < -0.4 is 10.6 Å². The molecule has 0 spiro atoms. The van der Waals surface area contributed by atoms with Crippen LogP contribution in [-0.2, 0) is 0 Å². The Morgan fingerprint density at radius 1 is 1.71 bits per heavy atom. The smallest absolute Gasteiger partial charge is 0.125 e. The zero-order chi connectivity index (χ0) is 12.4. The molecule has 2 rings (SSSR count). The van der Waals surface area contributed by atoms with Crippen LogP contribution in [0.5, 0.6) is 0 Å². The Morgan fingerprint density at radius 2 is 2.47 bits per heavy atom. The van der Waals surface area contributed by atoms with E-state index in [0.717, 1.165) is 18.7 Å². The van der Waals surface area contributed by atoms with Gasteiger partial charge in [0.15, 0.2) is 0 Å². The Balaban J connectivity index is 2.37. The molecule has 2 unspecified atom stereocenters. The number of amidine groups is 1. The second-order valence-electron chi connectivity index (χ2n) is 4.52. The molecule has 4 N–H and O–H groups in total. The SMILES string of the molecule is CC1CCN(c2cnccc2C(=N)N)C1CO. The molecule has 0 aliphatic carbocycles. The summed E-state index contributed by atoms with van der Waals surface area (Å²) in [5.41, 5.74) is 7.11. The zero-order valence-electron chi connectivity index (χ0n) is 9.93. The first-order valence-corrected chi connectivity index (χ1v) is 5.81. The van der Waals surface area contributed by atoms with E-state index in [1.54, 1.807) is 18.5 Å². The van der Waals surface area contributed by atoms with Gasteiger partial charge >= 0.3 is 0 Å². The van der Waals surface area contributed by atoms with Gasteiger partial charge in [-0.2, -0.15) is 0 Å². The summed E-state index contributed by atoms with van der Waals surface area (Å²) in [5, 5.41) is 17.0. The summed E-state index contributed by atoms with van der Waals surface area (Å²) in [7, 11) is 0. The van der Waals surface area contributed by atoms with Gasteiger partial charge in [-0.15, -0.1) is 0 Å². The molecular weight excluding hydrogens is 216 g/mol. The second-order valence-corrected chi connectivity index (χ2v) is 4.52. The number of nitrogens with zero attached hydrogens (tertiary/aromatic N) is 2. The molecule has 5 heteroatoms. The molecule has 2 heterocycles. The third kappa shape index (κ3) is 2.10. The molecule has 0 bridgehead atoms. The lowest BCUT2D eigenvalue weighted by molar-refractivity contribution is 0.244. The van der Waals surface area contributed by atoms with Crippen molar-refractivity contribution < 1.29 is 5.11 Å². The lowest BCUT2D eigenvalue weighted by Crippen LogP contribution is -2.36. The van der Waals surface area contributed by atoms with E-state index in [4.69, 9.17) is 11.1 Å². The van der Waals surface area contributed by atoms with Crippen LogP contribution in [-0.4, -0.2) is 35.1 Å². The first kappa shape index (κ1) is 11.9. The van der Waals surface area contributed by atoms with Crippen molar-refractivity contribution in [3.8, 4) is 0 Å². The molecule has 1 saturated heterocycles. The molecule has 0 amide bonds. The minimum atomic E-state index is 0.0404. The fourth-order valence-electron chi connectivity index (χ4n) is 2.43. The van der Waals surface area contributed by atoms with Crippen LogP contribution in [0.2, 0.25) is 0 Å². The Kier molecular flexibility index (Phi) is 3.28. The summed E-state index contributed by atoms with van der Waals surface area (Å²) in [6.07, 6.45) is 4.39. The lowest BCUT2D eigenvalue weighted by Gasteiger charge is -2.28. The van der Waals surface area contributed by atoms with Gasteiger partial charge in [0.1, 0.15) is 5.84 Å². The molecule has 5 nitrogen and oxygen atoms in total. The van der Waals surface area contributed by atoms with Gasteiger partial charge < -0.3 is 15.7 Å². The van der Waals surface area contributed by atoms with Crippen LogP contribution in [0.3, 0.4) is 0 Å². The van der Waals surface area contributed by atoms with Crippen LogP contribution >= 0.6 is 0 Å². The molecule has 0 saturated carbocycles. The quantitative estimate of drug-likeness (QED) is 0.527.